The normalized spacial score (nSPS) is 10.3. The maximum Gasteiger partial charge on any atom is 0.271 e. The number of rotatable bonds is 5. The minimum atomic E-state index is -0.509. The number of aromatic nitrogens is 2. The van der Waals surface area contributed by atoms with Crippen LogP contribution in [0.15, 0.2) is 54.6 Å². The van der Waals surface area contributed by atoms with E-state index in [1.165, 1.54) is 18.2 Å². The molecule has 0 saturated carbocycles. The molecule has 0 aliphatic carbocycles. The molecule has 0 aliphatic heterocycles. The molecular formula is C19H17N5O3. The van der Waals surface area contributed by atoms with Crippen molar-refractivity contribution >= 4 is 28.9 Å². The number of hydrogen-bond donors (Lipinski definition) is 2. The van der Waals surface area contributed by atoms with Gasteiger partial charge < -0.3 is 10.6 Å². The number of nitro groups is 1. The Morgan fingerprint density at radius 2 is 1.63 bits per heavy atom. The van der Waals surface area contributed by atoms with Gasteiger partial charge in [0.1, 0.15) is 0 Å². The first-order valence-electron chi connectivity index (χ1n) is 8.16. The minimum absolute atomic E-state index is 0.0826. The Labute approximate surface area is 155 Å². The van der Waals surface area contributed by atoms with Crippen LogP contribution in [0, 0.1) is 24.0 Å². The van der Waals surface area contributed by atoms with E-state index in [-0.39, 0.29) is 11.6 Å². The van der Waals surface area contributed by atoms with Gasteiger partial charge in [0.25, 0.3) is 11.6 Å². The molecule has 2 N–H and O–H groups in total. The lowest BCUT2D eigenvalue weighted by molar-refractivity contribution is -0.384. The summed E-state index contributed by atoms with van der Waals surface area (Å²) in [4.78, 5) is 31.3. The van der Waals surface area contributed by atoms with Crippen molar-refractivity contribution in [2.75, 3.05) is 10.6 Å². The van der Waals surface area contributed by atoms with E-state index in [0.717, 1.165) is 17.1 Å². The second-order valence-corrected chi connectivity index (χ2v) is 5.94. The van der Waals surface area contributed by atoms with Crippen LogP contribution in [-0.2, 0) is 0 Å². The van der Waals surface area contributed by atoms with E-state index in [9.17, 15) is 14.9 Å². The molecule has 0 atom stereocenters. The van der Waals surface area contributed by atoms with Crippen LogP contribution in [0.5, 0.6) is 0 Å². The molecule has 3 aromatic rings. The van der Waals surface area contributed by atoms with Gasteiger partial charge in [0.15, 0.2) is 0 Å². The topological polar surface area (TPSA) is 110 Å². The number of nitro benzene ring substituents is 1. The van der Waals surface area contributed by atoms with Crippen LogP contribution in [0.2, 0.25) is 0 Å². The maximum atomic E-state index is 12.3. The molecule has 27 heavy (non-hydrogen) atoms. The predicted molar refractivity (Wildman–Crippen MR) is 102 cm³/mol. The van der Waals surface area contributed by atoms with E-state index < -0.39 is 4.92 Å². The monoisotopic (exact) mass is 363 g/mol. The molecule has 0 bridgehead atoms. The molecule has 0 saturated heterocycles. The first-order chi connectivity index (χ1) is 12.9. The average molecular weight is 363 g/mol. The zero-order valence-corrected chi connectivity index (χ0v) is 14.8. The molecule has 0 spiro atoms. The summed E-state index contributed by atoms with van der Waals surface area (Å²) in [5.74, 6) is 0.131. The van der Waals surface area contributed by atoms with Gasteiger partial charge in [0.2, 0.25) is 5.95 Å². The molecule has 1 heterocycles. The zero-order valence-electron chi connectivity index (χ0n) is 14.8. The van der Waals surface area contributed by atoms with Crippen molar-refractivity contribution in [2.45, 2.75) is 13.8 Å². The largest absolute Gasteiger partial charge is 0.324 e. The number of amides is 1. The van der Waals surface area contributed by atoms with E-state index >= 15 is 0 Å². The van der Waals surface area contributed by atoms with Crippen molar-refractivity contribution in [1.82, 2.24) is 9.97 Å². The number of carbonyl (C=O) groups is 1. The summed E-state index contributed by atoms with van der Waals surface area (Å²) in [5, 5.41) is 16.6. The number of non-ortho nitro benzene ring substituents is 1. The van der Waals surface area contributed by atoms with E-state index in [1.807, 2.05) is 19.9 Å². The number of carbonyl (C=O) groups excluding carboxylic acids is 1. The van der Waals surface area contributed by atoms with E-state index in [4.69, 9.17) is 0 Å². The Bertz CT molecular complexity index is 982. The van der Waals surface area contributed by atoms with Gasteiger partial charge in [-0.3, -0.25) is 14.9 Å². The van der Waals surface area contributed by atoms with E-state index in [0.29, 0.717) is 17.2 Å². The van der Waals surface area contributed by atoms with Crippen molar-refractivity contribution in [1.29, 1.82) is 0 Å². The fourth-order valence-corrected chi connectivity index (χ4v) is 2.52. The highest BCUT2D eigenvalue weighted by atomic mass is 16.6. The van der Waals surface area contributed by atoms with Gasteiger partial charge in [-0.15, -0.1) is 0 Å². The highest BCUT2D eigenvalue weighted by Gasteiger charge is 2.10. The van der Waals surface area contributed by atoms with E-state index in [1.54, 1.807) is 30.3 Å². The SMILES string of the molecule is Cc1cc(C)nc(Nc2ccc(C(=O)Nc3cccc([N+](=O)[O-])c3)cc2)n1. The van der Waals surface area contributed by atoms with Crippen molar-refractivity contribution in [3.8, 4) is 0 Å². The smallest absolute Gasteiger partial charge is 0.271 e. The number of nitrogens with zero attached hydrogens (tertiary/aromatic N) is 3. The highest BCUT2D eigenvalue weighted by Crippen LogP contribution is 2.19. The molecule has 1 aromatic heterocycles. The molecule has 0 unspecified atom stereocenters. The van der Waals surface area contributed by atoms with Gasteiger partial charge in [0, 0.05) is 40.5 Å². The summed E-state index contributed by atoms with van der Waals surface area (Å²) in [6, 6.07) is 14.5. The van der Waals surface area contributed by atoms with Crippen LogP contribution >= 0.6 is 0 Å². The maximum absolute atomic E-state index is 12.3. The molecule has 1 amide bonds. The van der Waals surface area contributed by atoms with Gasteiger partial charge in [-0.05, 0) is 50.2 Å². The second-order valence-electron chi connectivity index (χ2n) is 5.94. The van der Waals surface area contributed by atoms with Gasteiger partial charge in [0.05, 0.1) is 4.92 Å². The van der Waals surface area contributed by atoms with Gasteiger partial charge in [-0.25, -0.2) is 9.97 Å². The summed E-state index contributed by atoms with van der Waals surface area (Å²) in [6.07, 6.45) is 0. The molecule has 0 aliphatic rings. The molecule has 8 heteroatoms. The standard InChI is InChI=1S/C19H17N5O3/c1-12-10-13(2)21-19(20-12)23-15-8-6-14(7-9-15)18(25)22-16-4-3-5-17(11-16)24(26)27/h3-11H,1-2H3,(H,22,25)(H,20,21,23). The minimum Gasteiger partial charge on any atom is -0.324 e. The Kier molecular flexibility index (Phi) is 5.07. The second kappa shape index (κ2) is 7.61. The van der Waals surface area contributed by atoms with E-state index in [2.05, 4.69) is 20.6 Å². The quantitative estimate of drug-likeness (QED) is 0.524. The molecule has 2 aromatic carbocycles. The van der Waals surface area contributed by atoms with Gasteiger partial charge in [-0.2, -0.15) is 0 Å². The summed E-state index contributed by atoms with van der Waals surface area (Å²) in [7, 11) is 0. The van der Waals surface area contributed by atoms with Gasteiger partial charge in [-0.1, -0.05) is 6.07 Å². The lowest BCUT2D eigenvalue weighted by Crippen LogP contribution is -2.12. The lowest BCUT2D eigenvalue weighted by Gasteiger charge is -2.08. The Balaban J connectivity index is 1.70. The Morgan fingerprint density at radius 3 is 2.26 bits per heavy atom. The fourth-order valence-electron chi connectivity index (χ4n) is 2.52. The zero-order chi connectivity index (χ0) is 19.4. The van der Waals surface area contributed by atoms with Crippen LogP contribution < -0.4 is 10.6 Å². The van der Waals surface area contributed by atoms with Crippen LogP contribution in [-0.4, -0.2) is 20.8 Å². The summed E-state index contributed by atoms with van der Waals surface area (Å²) in [5.41, 5.74) is 3.16. The molecule has 0 fully saturated rings. The number of nitrogens with one attached hydrogen (secondary N) is 2. The number of anilines is 3. The first kappa shape index (κ1) is 18.0. The van der Waals surface area contributed by atoms with Crippen molar-refractivity contribution in [2.24, 2.45) is 0 Å². The number of hydrogen-bond acceptors (Lipinski definition) is 6. The highest BCUT2D eigenvalue weighted by molar-refractivity contribution is 6.04. The number of aryl methyl sites for hydroxylation is 2. The summed E-state index contributed by atoms with van der Waals surface area (Å²) < 4.78 is 0. The lowest BCUT2D eigenvalue weighted by atomic mass is 10.2. The van der Waals surface area contributed by atoms with Crippen LogP contribution in [0.4, 0.5) is 23.0 Å². The Hall–Kier alpha value is -3.81. The van der Waals surface area contributed by atoms with Gasteiger partial charge >= 0.3 is 0 Å². The van der Waals surface area contributed by atoms with Crippen LogP contribution in [0.3, 0.4) is 0 Å². The third-order valence-electron chi connectivity index (χ3n) is 3.70. The molecule has 8 nitrogen and oxygen atoms in total. The third kappa shape index (κ3) is 4.63. The Morgan fingerprint density at radius 1 is 0.963 bits per heavy atom. The van der Waals surface area contributed by atoms with Crippen LogP contribution in [0.1, 0.15) is 21.7 Å². The molecular weight excluding hydrogens is 346 g/mol. The van der Waals surface area contributed by atoms with Crippen molar-refractivity contribution in [3.05, 3.63) is 81.7 Å². The average Bonchev–Trinajstić information content (AvgIpc) is 2.61. The third-order valence-corrected chi connectivity index (χ3v) is 3.70. The summed E-state index contributed by atoms with van der Waals surface area (Å²) >= 11 is 0. The molecule has 136 valence electrons. The number of benzene rings is 2. The molecule has 3 rings (SSSR count). The van der Waals surface area contributed by atoms with Crippen molar-refractivity contribution < 1.29 is 9.72 Å². The fraction of sp³-hybridized carbons (Fsp3) is 0.105. The summed E-state index contributed by atoms with van der Waals surface area (Å²) in [6.45, 7) is 3.78. The first-order valence-corrected chi connectivity index (χ1v) is 8.16. The van der Waals surface area contributed by atoms with Crippen LogP contribution in [0.25, 0.3) is 0 Å². The van der Waals surface area contributed by atoms with Crippen molar-refractivity contribution in [3.63, 3.8) is 0 Å². The predicted octanol–water partition coefficient (Wildman–Crippen LogP) is 4.00. The molecule has 0 radical (unpaired) electrons.